The van der Waals surface area contributed by atoms with Crippen molar-refractivity contribution in [3.8, 4) is 5.75 Å². The second kappa shape index (κ2) is 16.2. The fourth-order valence-corrected chi connectivity index (χ4v) is 4.63. The molecule has 2 heterocycles. The highest BCUT2D eigenvalue weighted by molar-refractivity contribution is 6.31. The summed E-state index contributed by atoms with van der Waals surface area (Å²) in [5.74, 6) is 0.834. The first-order chi connectivity index (χ1) is 20.6. The molecule has 1 aromatic heterocycles. The van der Waals surface area contributed by atoms with Gasteiger partial charge in [0.1, 0.15) is 5.75 Å². The number of hydrogen-bond acceptors (Lipinski definition) is 10. The molecule has 0 spiro atoms. The Labute approximate surface area is 261 Å². The van der Waals surface area contributed by atoms with Gasteiger partial charge in [0.2, 0.25) is 17.5 Å². The molecular weight excluding hydrogens is 598 g/mol. The normalized spacial score (nSPS) is 14.1. The average Bonchev–Trinajstić information content (AvgIpc) is 3.41. The van der Waals surface area contributed by atoms with E-state index in [4.69, 9.17) is 26.1 Å². The van der Waals surface area contributed by atoms with Crippen molar-refractivity contribution < 1.29 is 18.7 Å². The third-order valence-corrected chi connectivity index (χ3v) is 6.90. The molecule has 2 aromatic carbocycles. The third-order valence-electron chi connectivity index (χ3n) is 6.51. The van der Waals surface area contributed by atoms with Gasteiger partial charge in [-0.05, 0) is 38.8 Å². The van der Waals surface area contributed by atoms with Crippen LogP contribution in [0.15, 0.2) is 42.6 Å². The number of nitrogens with zero attached hydrogens (tertiary/aromatic N) is 4. The Bertz CT molecular complexity index is 1400. The number of methoxy groups -OCH3 is 1. The molecule has 0 saturated heterocycles. The summed E-state index contributed by atoms with van der Waals surface area (Å²) in [6.45, 7) is 2.51. The molecule has 1 aliphatic rings. The summed E-state index contributed by atoms with van der Waals surface area (Å²) < 4.78 is 16.6. The molecule has 4 rings (SSSR count). The molecule has 0 radical (unpaired) electrons. The second-order valence-corrected chi connectivity index (χ2v) is 10.7. The predicted molar refractivity (Wildman–Crippen MR) is 171 cm³/mol. The lowest BCUT2D eigenvalue weighted by Crippen LogP contribution is -2.30. The van der Waals surface area contributed by atoms with E-state index in [2.05, 4.69) is 59.8 Å². The van der Waals surface area contributed by atoms with Crippen LogP contribution < -0.4 is 30.9 Å². The highest BCUT2D eigenvalue weighted by atomic mass is 35.5. The van der Waals surface area contributed by atoms with Crippen LogP contribution >= 0.6 is 23.2 Å². The molecule has 3 aromatic rings. The first-order valence-corrected chi connectivity index (χ1v) is 14.3. The van der Waals surface area contributed by atoms with E-state index in [1.54, 1.807) is 20.4 Å². The Balaban J connectivity index is 0.000000934. The lowest BCUT2D eigenvalue weighted by Gasteiger charge is -2.26. The number of aldehydes is 1. The summed E-state index contributed by atoms with van der Waals surface area (Å²) in [5, 5.41) is 13.1. The van der Waals surface area contributed by atoms with Crippen LogP contribution in [-0.4, -0.2) is 94.2 Å². The minimum Gasteiger partial charge on any atom is -0.494 e. The molecule has 232 valence electrons. The van der Waals surface area contributed by atoms with Crippen molar-refractivity contribution in [2.24, 2.45) is 0 Å². The summed E-state index contributed by atoms with van der Waals surface area (Å²) in [7, 11) is 9.38. The molecule has 2 unspecified atom stereocenters. The van der Waals surface area contributed by atoms with Crippen molar-refractivity contribution in [3.63, 3.8) is 0 Å². The van der Waals surface area contributed by atoms with Crippen molar-refractivity contribution >= 4 is 64.1 Å². The van der Waals surface area contributed by atoms with E-state index in [1.165, 1.54) is 0 Å². The molecule has 0 saturated carbocycles. The van der Waals surface area contributed by atoms with Crippen molar-refractivity contribution in [2.75, 3.05) is 82.3 Å². The van der Waals surface area contributed by atoms with Crippen LogP contribution in [0.3, 0.4) is 0 Å². The van der Waals surface area contributed by atoms with Crippen molar-refractivity contribution in [1.29, 1.82) is 0 Å². The first-order valence-electron chi connectivity index (χ1n) is 13.5. The molecule has 11 nitrogen and oxygen atoms in total. The molecule has 4 N–H and O–H groups in total. The van der Waals surface area contributed by atoms with E-state index in [0.717, 1.165) is 35.7 Å². The quantitative estimate of drug-likeness (QED) is 0.169. The minimum absolute atomic E-state index is 0.00765. The molecule has 1 amide bonds. The highest BCUT2D eigenvalue weighted by Crippen LogP contribution is 2.40. The van der Waals surface area contributed by atoms with Gasteiger partial charge in [-0.1, -0.05) is 41.4 Å². The molecule has 2 atom stereocenters. The van der Waals surface area contributed by atoms with Gasteiger partial charge in [0.15, 0.2) is 6.29 Å². The van der Waals surface area contributed by atoms with E-state index < -0.39 is 5.63 Å². The summed E-state index contributed by atoms with van der Waals surface area (Å²) in [4.78, 5) is 34.9. The Morgan fingerprint density at radius 3 is 2.60 bits per heavy atom. The molecular formula is C29H37Cl2FN8O3. The van der Waals surface area contributed by atoms with Gasteiger partial charge in [-0.3, -0.25) is 9.59 Å². The van der Waals surface area contributed by atoms with E-state index >= 15 is 0 Å². The van der Waals surface area contributed by atoms with Gasteiger partial charge in [-0.15, -0.1) is 0 Å². The second-order valence-electron chi connectivity index (χ2n) is 9.92. The number of carbonyl (C=O) groups excluding carboxylic acids is 2. The van der Waals surface area contributed by atoms with Crippen molar-refractivity contribution in [2.45, 2.75) is 11.5 Å². The van der Waals surface area contributed by atoms with Gasteiger partial charge in [0.25, 0.3) is 0 Å². The number of ether oxygens (including phenoxy) is 1. The van der Waals surface area contributed by atoms with Crippen LogP contribution in [0.25, 0.3) is 0 Å². The number of nitrogens with one attached hydrogen (secondary N) is 4. The maximum absolute atomic E-state index is 12.5. The number of aromatic nitrogens is 2. The Morgan fingerprint density at radius 1 is 1.23 bits per heavy atom. The minimum atomic E-state index is -1.82. The number of para-hydroxylation sites is 1. The van der Waals surface area contributed by atoms with Crippen LogP contribution in [0.1, 0.15) is 17.2 Å². The summed E-state index contributed by atoms with van der Waals surface area (Å²) in [5.41, 5.74) is 3.26. The maximum Gasteiger partial charge on any atom is 0.238 e. The standard InChI is InChI=1S/C27H35ClN8O2.C2H2ClFO/c1-29-16-25(37)32-21-12-22(24(38-5)13-23(21)36(4)11-10-35(2)3)33-27-31-15-19(28)26(34-27)18-14-30-20-9-7-6-8-17(18)20;3-2(4)1-5/h6-9,12-13,15,18,29-30H,10-11,14,16H2,1-5H3,(H,32,37)(H,31,33,34);1-2H. The molecule has 0 fully saturated rings. The zero-order valence-corrected chi connectivity index (χ0v) is 26.3. The summed E-state index contributed by atoms with van der Waals surface area (Å²) >= 11 is 11.0. The number of carbonyl (C=O) groups is 2. The Hall–Kier alpha value is -3.71. The molecule has 1 aliphatic heterocycles. The van der Waals surface area contributed by atoms with Crippen molar-refractivity contribution in [3.05, 3.63) is 58.9 Å². The average molecular weight is 636 g/mol. The van der Waals surface area contributed by atoms with Crippen molar-refractivity contribution in [1.82, 2.24) is 20.2 Å². The number of amides is 1. The number of benzene rings is 2. The fraction of sp³-hybridized carbons (Fsp3) is 0.379. The monoisotopic (exact) mass is 634 g/mol. The Morgan fingerprint density at radius 2 is 1.95 bits per heavy atom. The molecule has 0 bridgehead atoms. The number of halogens is 3. The summed E-state index contributed by atoms with van der Waals surface area (Å²) in [6, 6.07) is 11.9. The van der Waals surface area contributed by atoms with E-state index in [9.17, 15) is 9.18 Å². The first kappa shape index (κ1) is 33.8. The topological polar surface area (TPSA) is 124 Å². The number of anilines is 5. The number of rotatable bonds is 12. The van der Waals surface area contributed by atoms with Crippen LogP contribution in [0.5, 0.6) is 5.75 Å². The zero-order valence-electron chi connectivity index (χ0n) is 24.7. The zero-order chi connectivity index (χ0) is 31.5. The molecule has 0 aliphatic carbocycles. The van der Waals surface area contributed by atoms with E-state index in [1.807, 2.05) is 45.4 Å². The molecule has 43 heavy (non-hydrogen) atoms. The van der Waals surface area contributed by atoms with Crippen LogP contribution in [-0.2, 0) is 9.59 Å². The van der Waals surface area contributed by atoms with Gasteiger partial charge < -0.3 is 35.8 Å². The SMILES string of the molecule is CNCC(=O)Nc1cc(Nc2ncc(Cl)c(C3CNc4ccccc43)n2)c(OC)cc1N(C)CCN(C)C.O=CC(F)Cl. The van der Waals surface area contributed by atoms with Gasteiger partial charge in [0.05, 0.1) is 47.6 Å². The fourth-order valence-electron chi connectivity index (χ4n) is 4.41. The lowest BCUT2D eigenvalue weighted by atomic mass is 9.98. The number of fused-ring (bicyclic) bond motifs is 1. The van der Waals surface area contributed by atoms with Gasteiger partial charge in [-0.25, -0.2) is 14.4 Å². The van der Waals surface area contributed by atoms with Gasteiger partial charge >= 0.3 is 0 Å². The number of alkyl halides is 2. The number of hydrogen-bond donors (Lipinski definition) is 4. The Kier molecular flexibility index (Phi) is 12.7. The van der Waals surface area contributed by atoms with Gasteiger partial charge in [-0.2, -0.15) is 0 Å². The van der Waals surface area contributed by atoms with Gasteiger partial charge in [0, 0.05) is 44.4 Å². The smallest absolute Gasteiger partial charge is 0.238 e. The lowest BCUT2D eigenvalue weighted by molar-refractivity contribution is -0.115. The van der Waals surface area contributed by atoms with Crippen LogP contribution in [0, 0.1) is 0 Å². The molecule has 14 heteroatoms. The third kappa shape index (κ3) is 9.39. The summed E-state index contributed by atoms with van der Waals surface area (Å²) in [6.07, 6.45) is 1.63. The van der Waals surface area contributed by atoms with Crippen LogP contribution in [0.2, 0.25) is 5.02 Å². The highest BCUT2D eigenvalue weighted by Gasteiger charge is 2.27. The van der Waals surface area contributed by atoms with E-state index in [0.29, 0.717) is 34.6 Å². The predicted octanol–water partition coefficient (Wildman–Crippen LogP) is 4.32. The van der Waals surface area contributed by atoms with E-state index in [-0.39, 0.29) is 24.7 Å². The largest absolute Gasteiger partial charge is 0.494 e. The van der Waals surface area contributed by atoms with Crippen LogP contribution in [0.4, 0.5) is 33.1 Å². The maximum atomic E-state index is 12.5. The number of likely N-dealkylation sites (N-methyl/N-ethyl adjacent to an activating group) is 3.